The summed E-state index contributed by atoms with van der Waals surface area (Å²) in [5, 5.41) is 6.46. The van der Waals surface area contributed by atoms with Crippen LogP contribution in [0.2, 0.25) is 0 Å². The molecule has 6 heteroatoms. The van der Waals surface area contributed by atoms with Gasteiger partial charge in [0.25, 0.3) is 11.8 Å². The van der Waals surface area contributed by atoms with Gasteiger partial charge in [-0.25, -0.2) is 5.43 Å². The van der Waals surface area contributed by atoms with Crippen molar-refractivity contribution in [2.45, 2.75) is 26.7 Å². The number of carbonyl (C=O) groups excluding carboxylic acids is 2. The second kappa shape index (κ2) is 10.8. The Kier molecular flexibility index (Phi) is 8.03. The van der Waals surface area contributed by atoms with Gasteiger partial charge < -0.3 is 10.1 Å². The zero-order valence-electron chi connectivity index (χ0n) is 15.7. The number of carbonyl (C=O) groups is 2. The lowest BCUT2D eigenvalue weighted by molar-refractivity contribution is -0.120. The van der Waals surface area contributed by atoms with Gasteiger partial charge in [-0.3, -0.25) is 9.59 Å². The number of amides is 2. The summed E-state index contributed by atoms with van der Waals surface area (Å²) >= 11 is 0. The molecule has 0 saturated heterocycles. The maximum atomic E-state index is 12.0. The molecule has 2 aromatic rings. The molecule has 27 heavy (non-hydrogen) atoms. The molecule has 0 aliphatic carbocycles. The molecular weight excluding hydrogens is 342 g/mol. The smallest absolute Gasteiger partial charge is 0.259 e. The highest BCUT2D eigenvalue weighted by Gasteiger charge is 2.07. The SMILES string of the molecule is CCCCOc1ccc(C=NNC(=O)CNC(=O)c2cccc(C)c2)cc1. The number of ether oxygens (including phenoxy) is 1. The number of hydrogen-bond donors (Lipinski definition) is 2. The third-order valence-corrected chi connectivity index (χ3v) is 3.74. The van der Waals surface area contributed by atoms with Gasteiger partial charge in [-0.2, -0.15) is 5.10 Å². The molecule has 142 valence electrons. The zero-order valence-corrected chi connectivity index (χ0v) is 15.7. The summed E-state index contributed by atoms with van der Waals surface area (Å²) in [5.74, 6) is 0.117. The topological polar surface area (TPSA) is 79.8 Å². The number of aryl methyl sites for hydroxylation is 1. The molecule has 0 bridgehead atoms. The Morgan fingerprint density at radius 3 is 2.63 bits per heavy atom. The zero-order chi connectivity index (χ0) is 19.5. The second-order valence-electron chi connectivity index (χ2n) is 6.12. The van der Waals surface area contributed by atoms with E-state index in [4.69, 9.17) is 4.74 Å². The lowest BCUT2D eigenvalue weighted by Gasteiger charge is -2.05. The minimum Gasteiger partial charge on any atom is -0.494 e. The fraction of sp³-hybridized carbons (Fsp3) is 0.286. The van der Waals surface area contributed by atoms with Gasteiger partial charge >= 0.3 is 0 Å². The Morgan fingerprint density at radius 2 is 1.93 bits per heavy atom. The van der Waals surface area contributed by atoms with E-state index in [1.165, 1.54) is 6.21 Å². The van der Waals surface area contributed by atoms with Crippen molar-refractivity contribution in [2.24, 2.45) is 5.10 Å². The highest BCUT2D eigenvalue weighted by Crippen LogP contribution is 2.11. The van der Waals surface area contributed by atoms with E-state index >= 15 is 0 Å². The monoisotopic (exact) mass is 367 g/mol. The van der Waals surface area contributed by atoms with Crippen LogP contribution >= 0.6 is 0 Å². The van der Waals surface area contributed by atoms with E-state index in [-0.39, 0.29) is 12.5 Å². The van der Waals surface area contributed by atoms with Crippen molar-refractivity contribution in [3.8, 4) is 5.75 Å². The lowest BCUT2D eigenvalue weighted by Crippen LogP contribution is -2.34. The molecule has 0 radical (unpaired) electrons. The molecule has 2 amide bonds. The van der Waals surface area contributed by atoms with Gasteiger partial charge in [-0.15, -0.1) is 0 Å². The summed E-state index contributed by atoms with van der Waals surface area (Å²) in [6.45, 7) is 4.58. The van der Waals surface area contributed by atoms with Crippen molar-refractivity contribution in [1.82, 2.24) is 10.7 Å². The average Bonchev–Trinajstić information content (AvgIpc) is 2.67. The minimum atomic E-state index is -0.397. The molecule has 0 atom stereocenters. The number of nitrogens with zero attached hydrogens (tertiary/aromatic N) is 1. The van der Waals surface area contributed by atoms with Crippen LogP contribution in [0.1, 0.15) is 41.3 Å². The van der Waals surface area contributed by atoms with E-state index in [1.807, 2.05) is 37.3 Å². The van der Waals surface area contributed by atoms with Crippen molar-refractivity contribution in [3.63, 3.8) is 0 Å². The van der Waals surface area contributed by atoms with Crippen LogP contribution in [0.4, 0.5) is 0 Å². The molecule has 0 heterocycles. The predicted octanol–water partition coefficient (Wildman–Crippen LogP) is 3.05. The van der Waals surface area contributed by atoms with Crippen LogP contribution in [0.3, 0.4) is 0 Å². The summed E-state index contributed by atoms with van der Waals surface area (Å²) in [5.41, 5.74) is 4.73. The Bertz CT molecular complexity index is 786. The maximum Gasteiger partial charge on any atom is 0.259 e. The quantitative estimate of drug-likeness (QED) is 0.406. The number of hydrogen-bond acceptors (Lipinski definition) is 4. The molecule has 2 rings (SSSR count). The number of rotatable bonds is 9. The number of benzene rings is 2. The lowest BCUT2D eigenvalue weighted by atomic mass is 10.1. The van der Waals surface area contributed by atoms with Crippen LogP contribution in [0, 0.1) is 6.92 Å². The van der Waals surface area contributed by atoms with Crippen LogP contribution in [-0.4, -0.2) is 31.2 Å². The molecule has 6 nitrogen and oxygen atoms in total. The molecule has 0 spiro atoms. The molecule has 0 aliphatic heterocycles. The maximum absolute atomic E-state index is 12.0. The first-order chi connectivity index (χ1) is 13.1. The Labute approximate surface area is 159 Å². The minimum absolute atomic E-state index is 0.145. The fourth-order valence-electron chi connectivity index (χ4n) is 2.25. The van der Waals surface area contributed by atoms with Crippen molar-refractivity contribution >= 4 is 18.0 Å². The van der Waals surface area contributed by atoms with Crippen LogP contribution in [0.5, 0.6) is 5.75 Å². The summed E-state index contributed by atoms with van der Waals surface area (Å²) in [6, 6.07) is 14.6. The van der Waals surface area contributed by atoms with Gasteiger partial charge in [0.2, 0.25) is 0 Å². The van der Waals surface area contributed by atoms with E-state index in [0.29, 0.717) is 12.2 Å². The second-order valence-corrected chi connectivity index (χ2v) is 6.12. The number of unbranched alkanes of at least 4 members (excludes halogenated alkanes) is 1. The third-order valence-electron chi connectivity index (χ3n) is 3.74. The first-order valence-electron chi connectivity index (χ1n) is 8.98. The Balaban J connectivity index is 1.73. The van der Waals surface area contributed by atoms with Gasteiger partial charge in [0, 0.05) is 5.56 Å². The molecule has 2 aromatic carbocycles. The van der Waals surface area contributed by atoms with E-state index in [0.717, 1.165) is 29.7 Å². The predicted molar refractivity (Wildman–Crippen MR) is 106 cm³/mol. The Hall–Kier alpha value is -3.15. The Morgan fingerprint density at radius 1 is 1.15 bits per heavy atom. The van der Waals surface area contributed by atoms with Crippen LogP contribution in [0.15, 0.2) is 53.6 Å². The molecule has 0 aromatic heterocycles. The average molecular weight is 367 g/mol. The molecule has 0 fully saturated rings. The molecule has 0 unspecified atom stereocenters. The number of nitrogens with one attached hydrogen (secondary N) is 2. The molecule has 0 aliphatic rings. The summed E-state index contributed by atoms with van der Waals surface area (Å²) in [7, 11) is 0. The first kappa shape index (κ1) is 20.2. The van der Waals surface area contributed by atoms with E-state index in [2.05, 4.69) is 22.8 Å². The highest BCUT2D eigenvalue weighted by molar-refractivity contribution is 5.96. The van der Waals surface area contributed by atoms with Crippen molar-refractivity contribution in [2.75, 3.05) is 13.2 Å². The van der Waals surface area contributed by atoms with Crippen LogP contribution in [0.25, 0.3) is 0 Å². The van der Waals surface area contributed by atoms with Crippen molar-refractivity contribution < 1.29 is 14.3 Å². The van der Waals surface area contributed by atoms with E-state index in [9.17, 15) is 9.59 Å². The summed E-state index contributed by atoms with van der Waals surface area (Å²) in [4.78, 5) is 23.8. The molecule has 0 saturated carbocycles. The third kappa shape index (κ3) is 7.32. The normalized spacial score (nSPS) is 10.6. The van der Waals surface area contributed by atoms with Gasteiger partial charge in [-0.1, -0.05) is 31.0 Å². The number of hydrazone groups is 1. The van der Waals surface area contributed by atoms with Crippen LogP contribution < -0.4 is 15.5 Å². The van der Waals surface area contributed by atoms with Gasteiger partial charge in [0.15, 0.2) is 0 Å². The van der Waals surface area contributed by atoms with E-state index in [1.54, 1.807) is 18.2 Å². The molecule has 2 N–H and O–H groups in total. The first-order valence-corrected chi connectivity index (χ1v) is 8.98. The summed E-state index contributed by atoms with van der Waals surface area (Å²) < 4.78 is 5.59. The fourth-order valence-corrected chi connectivity index (χ4v) is 2.25. The van der Waals surface area contributed by atoms with E-state index < -0.39 is 5.91 Å². The van der Waals surface area contributed by atoms with Gasteiger partial charge in [0.1, 0.15) is 5.75 Å². The largest absolute Gasteiger partial charge is 0.494 e. The van der Waals surface area contributed by atoms with Crippen molar-refractivity contribution in [1.29, 1.82) is 0 Å². The van der Waals surface area contributed by atoms with Crippen LogP contribution in [-0.2, 0) is 4.79 Å². The standard InChI is InChI=1S/C21H25N3O3/c1-3-4-12-27-19-10-8-17(9-11-19)14-23-24-20(25)15-22-21(26)18-7-5-6-16(2)13-18/h5-11,13-14H,3-4,12,15H2,1-2H3,(H,22,26)(H,24,25). The molecular formula is C21H25N3O3. The highest BCUT2D eigenvalue weighted by atomic mass is 16.5. The van der Waals surface area contributed by atoms with Gasteiger partial charge in [-0.05, 0) is 55.3 Å². The van der Waals surface area contributed by atoms with Crippen molar-refractivity contribution in [3.05, 3.63) is 65.2 Å². The van der Waals surface area contributed by atoms with Gasteiger partial charge in [0.05, 0.1) is 19.4 Å². The summed E-state index contributed by atoms with van der Waals surface area (Å²) in [6.07, 6.45) is 3.65.